The minimum atomic E-state index is -0.874. The summed E-state index contributed by atoms with van der Waals surface area (Å²) in [5, 5.41) is 25.7. The zero-order chi connectivity index (χ0) is 14.9. The van der Waals surface area contributed by atoms with Gasteiger partial charge in [-0.15, -0.1) is 0 Å². The summed E-state index contributed by atoms with van der Waals surface area (Å²) in [7, 11) is 0. The van der Waals surface area contributed by atoms with E-state index in [1.54, 1.807) is 38.1 Å². The maximum atomic E-state index is 10.9. The Labute approximate surface area is 120 Å². The smallest absolute Gasteiger partial charge is 0.312 e. The van der Waals surface area contributed by atoms with Crippen LogP contribution in [0.5, 0.6) is 0 Å². The number of hydrogen-bond donors (Lipinski definition) is 1. The van der Waals surface area contributed by atoms with E-state index in [2.05, 4.69) is 5.10 Å². The van der Waals surface area contributed by atoms with E-state index >= 15 is 0 Å². The SMILES string of the molecule is Cc1nn(CC(O)c2ccccc2Cl)c(C)c1[N+](=O)[O-]. The normalized spacial score (nSPS) is 12.4. The van der Waals surface area contributed by atoms with Gasteiger partial charge < -0.3 is 5.11 Å². The van der Waals surface area contributed by atoms with Crippen molar-refractivity contribution < 1.29 is 10.0 Å². The topological polar surface area (TPSA) is 81.2 Å². The van der Waals surface area contributed by atoms with Gasteiger partial charge in [0.25, 0.3) is 0 Å². The molecule has 1 heterocycles. The fraction of sp³-hybridized carbons (Fsp3) is 0.308. The molecule has 0 aliphatic rings. The van der Waals surface area contributed by atoms with Gasteiger partial charge in [-0.2, -0.15) is 5.10 Å². The van der Waals surface area contributed by atoms with Crippen molar-refractivity contribution in [2.45, 2.75) is 26.5 Å². The van der Waals surface area contributed by atoms with Gasteiger partial charge in [0.2, 0.25) is 0 Å². The molecule has 0 bridgehead atoms. The molecule has 0 spiro atoms. The minimum absolute atomic E-state index is 0.0173. The molecule has 0 aliphatic carbocycles. The molecule has 20 heavy (non-hydrogen) atoms. The first-order chi connectivity index (χ1) is 9.41. The van der Waals surface area contributed by atoms with E-state index in [1.165, 1.54) is 4.68 Å². The summed E-state index contributed by atoms with van der Waals surface area (Å²) in [6.07, 6.45) is -0.874. The molecule has 0 fully saturated rings. The number of aromatic nitrogens is 2. The van der Waals surface area contributed by atoms with Crippen LogP contribution in [0.25, 0.3) is 0 Å². The van der Waals surface area contributed by atoms with Crippen LogP contribution >= 0.6 is 11.6 Å². The van der Waals surface area contributed by atoms with Crippen molar-refractivity contribution in [2.75, 3.05) is 0 Å². The third kappa shape index (κ3) is 2.66. The lowest BCUT2D eigenvalue weighted by Crippen LogP contribution is -2.12. The van der Waals surface area contributed by atoms with E-state index in [-0.39, 0.29) is 12.2 Å². The summed E-state index contributed by atoms with van der Waals surface area (Å²) in [6, 6.07) is 6.94. The molecule has 6 nitrogen and oxygen atoms in total. The highest BCUT2D eigenvalue weighted by Crippen LogP contribution is 2.27. The molecule has 1 aromatic carbocycles. The standard InChI is InChI=1S/C13H14ClN3O3/c1-8-13(17(19)20)9(2)16(15-8)7-12(18)10-5-3-4-6-11(10)14/h3-6,12,18H,7H2,1-2H3. The zero-order valence-corrected chi connectivity index (χ0v) is 11.8. The van der Waals surface area contributed by atoms with Gasteiger partial charge in [-0.05, 0) is 19.9 Å². The molecule has 0 saturated heterocycles. The van der Waals surface area contributed by atoms with Gasteiger partial charge in [0, 0.05) is 10.6 Å². The third-order valence-corrected chi connectivity index (χ3v) is 3.48. The lowest BCUT2D eigenvalue weighted by atomic mass is 10.1. The summed E-state index contributed by atoms with van der Waals surface area (Å²) in [5.74, 6) is 0. The van der Waals surface area contributed by atoms with Crippen LogP contribution < -0.4 is 0 Å². The number of benzene rings is 1. The van der Waals surface area contributed by atoms with Gasteiger partial charge in [0.05, 0.1) is 17.6 Å². The van der Waals surface area contributed by atoms with E-state index < -0.39 is 11.0 Å². The Kier molecular flexibility index (Phi) is 4.06. The molecule has 2 rings (SSSR count). The Morgan fingerprint density at radius 3 is 2.65 bits per heavy atom. The van der Waals surface area contributed by atoms with Crippen LogP contribution in [0.3, 0.4) is 0 Å². The molecule has 106 valence electrons. The fourth-order valence-corrected chi connectivity index (χ4v) is 2.40. The summed E-state index contributed by atoms with van der Waals surface area (Å²) in [5.41, 5.74) is 1.30. The molecule has 1 atom stereocenters. The van der Waals surface area contributed by atoms with Crippen molar-refractivity contribution in [1.82, 2.24) is 9.78 Å². The molecule has 0 radical (unpaired) electrons. The Morgan fingerprint density at radius 2 is 2.10 bits per heavy atom. The summed E-state index contributed by atoms with van der Waals surface area (Å²) >= 11 is 6.01. The van der Waals surface area contributed by atoms with E-state index in [0.29, 0.717) is 22.0 Å². The third-order valence-electron chi connectivity index (χ3n) is 3.14. The van der Waals surface area contributed by atoms with E-state index in [0.717, 1.165) is 0 Å². The van der Waals surface area contributed by atoms with Crippen molar-refractivity contribution in [2.24, 2.45) is 0 Å². The number of aryl methyl sites for hydroxylation is 1. The molecule has 0 saturated carbocycles. The number of aliphatic hydroxyl groups is 1. The molecular weight excluding hydrogens is 282 g/mol. The number of rotatable bonds is 4. The molecule has 1 unspecified atom stereocenters. The number of aliphatic hydroxyl groups excluding tert-OH is 1. The van der Waals surface area contributed by atoms with Crippen molar-refractivity contribution in [1.29, 1.82) is 0 Å². The van der Waals surface area contributed by atoms with Crippen LogP contribution in [0, 0.1) is 24.0 Å². The largest absolute Gasteiger partial charge is 0.386 e. The van der Waals surface area contributed by atoms with Crippen molar-refractivity contribution in [3.8, 4) is 0 Å². The summed E-state index contributed by atoms with van der Waals surface area (Å²) < 4.78 is 1.43. The average molecular weight is 296 g/mol. The van der Waals surface area contributed by atoms with Gasteiger partial charge in [0.1, 0.15) is 11.4 Å². The highest BCUT2D eigenvalue weighted by Gasteiger charge is 2.23. The maximum absolute atomic E-state index is 10.9. The van der Waals surface area contributed by atoms with Crippen molar-refractivity contribution in [3.63, 3.8) is 0 Å². The summed E-state index contributed by atoms with van der Waals surface area (Å²) in [6.45, 7) is 3.30. The van der Waals surface area contributed by atoms with Gasteiger partial charge in [-0.1, -0.05) is 29.8 Å². The number of nitrogens with zero attached hydrogens (tertiary/aromatic N) is 3. The molecule has 0 amide bonds. The van der Waals surface area contributed by atoms with Crippen LogP contribution in [-0.4, -0.2) is 19.8 Å². The molecule has 7 heteroatoms. The van der Waals surface area contributed by atoms with Gasteiger partial charge in [-0.25, -0.2) is 0 Å². The second-order valence-corrected chi connectivity index (χ2v) is 4.90. The molecule has 2 aromatic rings. The minimum Gasteiger partial charge on any atom is -0.386 e. The van der Waals surface area contributed by atoms with E-state index in [9.17, 15) is 15.2 Å². The predicted molar refractivity (Wildman–Crippen MR) is 74.8 cm³/mol. The fourth-order valence-electron chi connectivity index (χ4n) is 2.14. The van der Waals surface area contributed by atoms with Crippen LogP contribution in [0.2, 0.25) is 5.02 Å². The Bertz CT molecular complexity index is 654. The van der Waals surface area contributed by atoms with Crippen LogP contribution in [0.15, 0.2) is 24.3 Å². The van der Waals surface area contributed by atoms with Gasteiger partial charge >= 0.3 is 5.69 Å². The van der Waals surface area contributed by atoms with Gasteiger partial charge in [-0.3, -0.25) is 14.8 Å². The molecular formula is C13H14ClN3O3. The first-order valence-corrected chi connectivity index (χ1v) is 6.40. The number of nitro groups is 1. The summed E-state index contributed by atoms with van der Waals surface area (Å²) in [4.78, 5) is 10.5. The number of halogens is 1. The van der Waals surface area contributed by atoms with Gasteiger partial charge in [0.15, 0.2) is 0 Å². The highest BCUT2D eigenvalue weighted by molar-refractivity contribution is 6.31. The Morgan fingerprint density at radius 1 is 1.45 bits per heavy atom. The highest BCUT2D eigenvalue weighted by atomic mass is 35.5. The van der Waals surface area contributed by atoms with Crippen LogP contribution in [0.1, 0.15) is 23.1 Å². The van der Waals surface area contributed by atoms with Crippen molar-refractivity contribution >= 4 is 17.3 Å². The molecule has 1 N–H and O–H groups in total. The monoisotopic (exact) mass is 295 g/mol. The predicted octanol–water partition coefficient (Wildman–Crippen LogP) is 2.80. The second-order valence-electron chi connectivity index (χ2n) is 4.50. The molecule has 1 aromatic heterocycles. The van der Waals surface area contributed by atoms with Crippen molar-refractivity contribution in [3.05, 3.63) is 56.4 Å². The van der Waals surface area contributed by atoms with Crippen LogP contribution in [0.4, 0.5) is 5.69 Å². The first kappa shape index (κ1) is 14.5. The Hall–Kier alpha value is -1.92. The molecule has 0 aliphatic heterocycles. The second kappa shape index (κ2) is 5.60. The lowest BCUT2D eigenvalue weighted by molar-refractivity contribution is -0.386. The van der Waals surface area contributed by atoms with E-state index in [4.69, 9.17) is 11.6 Å². The van der Waals surface area contributed by atoms with E-state index in [1.807, 2.05) is 0 Å². The zero-order valence-electron chi connectivity index (χ0n) is 11.1. The average Bonchev–Trinajstić information content (AvgIpc) is 2.64. The lowest BCUT2D eigenvalue weighted by Gasteiger charge is -2.13. The Balaban J connectivity index is 2.29. The maximum Gasteiger partial charge on any atom is 0.312 e. The quantitative estimate of drug-likeness (QED) is 0.694. The number of hydrogen-bond acceptors (Lipinski definition) is 4. The first-order valence-electron chi connectivity index (χ1n) is 6.02. The van der Waals surface area contributed by atoms with Crippen LogP contribution in [-0.2, 0) is 6.54 Å².